The lowest BCUT2D eigenvalue weighted by molar-refractivity contribution is -0.157. The van der Waals surface area contributed by atoms with Crippen LogP contribution in [0.1, 0.15) is 115 Å². The number of benzene rings is 3. The average Bonchev–Trinajstić information content (AvgIpc) is 3.11. The Morgan fingerprint density at radius 2 is 1.06 bits per heavy atom. The zero-order valence-electron chi connectivity index (χ0n) is 34.2. The Kier molecular flexibility index (Phi) is 13.9. The molecule has 3 unspecified atom stereocenters. The molecule has 1 fully saturated rings. The third-order valence-corrected chi connectivity index (χ3v) is 12.2. The smallest absolute Gasteiger partial charge is 0.152 e. The summed E-state index contributed by atoms with van der Waals surface area (Å²) in [6, 6.07) is 21.1. The van der Waals surface area contributed by atoms with Crippen LogP contribution in [0.2, 0.25) is 0 Å². The first-order valence-electron chi connectivity index (χ1n) is 20.1. The summed E-state index contributed by atoms with van der Waals surface area (Å²) in [6.07, 6.45) is 4.09. The number of anilines is 3. The predicted octanol–water partition coefficient (Wildman–Crippen LogP) is 10.5. The molecule has 1 saturated carbocycles. The van der Waals surface area contributed by atoms with E-state index in [9.17, 15) is 4.79 Å². The van der Waals surface area contributed by atoms with Crippen LogP contribution in [-0.2, 0) is 14.9 Å². The molecule has 0 radical (unpaired) electrons. The average molecular weight is 696 g/mol. The molecule has 0 saturated heterocycles. The van der Waals surface area contributed by atoms with Gasteiger partial charge in [-0.1, -0.05) is 45.4 Å². The van der Waals surface area contributed by atoms with E-state index in [4.69, 9.17) is 4.74 Å². The zero-order chi connectivity index (χ0) is 37.5. The van der Waals surface area contributed by atoms with Crippen molar-refractivity contribution in [3.8, 4) is 0 Å². The Balaban J connectivity index is 2.10. The van der Waals surface area contributed by atoms with Gasteiger partial charge in [-0.25, -0.2) is 0 Å². The monoisotopic (exact) mass is 696 g/mol. The van der Waals surface area contributed by atoms with Crippen molar-refractivity contribution in [2.45, 2.75) is 113 Å². The third-order valence-electron chi connectivity index (χ3n) is 12.2. The van der Waals surface area contributed by atoms with Crippen LogP contribution in [0.15, 0.2) is 54.6 Å². The van der Waals surface area contributed by atoms with Crippen molar-refractivity contribution in [3.05, 3.63) is 88.0 Å². The minimum absolute atomic E-state index is 0.173. The summed E-state index contributed by atoms with van der Waals surface area (Å²) >= 11 is 0. The van der Waals surface area contributed by atoms with Crippen LogP contribution in [0.4, 0.5) is 17.1 Å². The third kappa shape index (κ3) is 8.04. The molecular formula is C46H69N3O2. The molecule has 51 heavy (non-hydrogen) atoms. The summed E-state index contributed by atoms with van der Waals surface area (Å²) < 4.78 is 7.42. The molecule has 4 rings (SSSR count). The van der Waals surface area contributed by atoms with Gasteiger partial charge in [-0.15, -0.1) is 0 Å². The van der Waals surface area contributed by atoms with Crippen LogP contribution >= 0.6 is 0 Å². The summed E-state index contributed by atoms with van der Waals surface area (Å²) in [7, 11) is 0. The summed E-state index contributed by atoms with van der Waals surface area (Å²) in [4.78, 5) is 20.7. The van der Waals surface area contributed by atoms with E-state index in [1.165, 1.54) is 56.7 Å². The molecule has 5 nitrogen and oxygen atoms in total. The molecule has 280 valence electrons. The first-order valence-corrected chi connectivity index (χ1v) is 20.1. The summed E-state index contributed by atoms with van der Waals surface area (Å²) in [5.41, 5.74) is 9.64. The number of carbonyl (C=O) groups is 1. The number of nitrogens with zero attached hydrogens (tertiary/aromatic N) is 3. The van der Waals surface area contributed by atoms with Crippen LogP contribution in [0, 0.1) is 38.5 Å². The van der Waals surface area contributed by atoms with Crippen molar-refractivity contribution in [2.24, 2.45) is 17.8 Å². The van der Waals surface area contributed by atoms with Crippen molar-refractivity contribution < 1.29 is 9.53 Å². The highest BCUT2D eigenvalue weighted by Gasteiger charge is 2.49. The summed E-state index contributed by atoms with van der Waals surface area (Å²) in [6.45, 7) is 33.1. The maximum Gasteiger partial charge on any atom is 0.152 e. The number of aryl methyl sites for hydroxylation is 3. The zero-order valence-corrected chi connectivity index (χ0v) is 34.2. The van der Waals surface area contributed by atoms with E-state index >= 15 is 0 Å². The number of hydrogen-bond acceptors (Lipinski definition) is 5. The fourth-order valence-electron chi connectivity index (χ4n) is 9.39. The fraction of sp³-hybridized carbons (Fsp3) is 0.587. The number of aldehydes is 1. The minimum atomic E-state index is -0.837. The standard InChI is InChI=1S/C46H69N3O2/c1-13-47(14-2)38-20-24-42(35(10)27-38)46(43-25-21-39(28-36(43)11)48(15-3)16-4,44-26-22-40(29-37(44)12)49(17-5)18-6)32-51-45(31-50)30-34(9)19-23-41(45)33(7)8/h20-22,24-29,31,33-34,41H,13-19,23,30,32H2,1-12H3. The van der Waals surface area contributed by atoms with Crippen molar-refractivity contribution in [1.82, 2.24) is 0 Å². The van der Waals surface area contributed by atoms with Gasteiger partial charge in [-0.05, 0) is 163 Å². The second-order valence-corrected chi connectivity index (χ2v) is 15.5. The first-order chi connectivity index (χ1) is 24.4. The van der Waals surface area contributed by atoms with Gasteiger partial charge in [0.05, 0.1) is 12.0 Å². The van der Waals surface area contributed by atoms with Crippen molar-refractivity contribution in [1.29, 1.82) is 0 Å². The molecule has 1 aliphatic carbocycles. The van der Waals surface area contributed by atoms with Gasteiger partial charge in [-0.3, -0.25) is 0 Å². The molecule has 3 aromatic carbocycles. The predicted molar refractivity (Wildman–Crippen MR) is 220 cm³/mol. The van der Waals surface area contributed by atoms with Gasteiger partial charge in [0.2, 0.25) is 0 Å². The Morgan fingerprint density at radius 1 is 0.686 bits per heavy atom. The van der Waals surface area contributed by atoms with Gasteiger partial charge >= 0.3 is 0 Å². The lowest BCUT2D eigenvalue weighted by Crippen LogP contribution is -2.52. The quantitative estimate of drug-likeness (QED) is 0.104. The van der Waals surface area contributed by atoms with Crippen molar-refractivity contribution in [2.75, 3.05) is 60.6 Å². The topological polar surface area (TPSA) is 36.0 Å². The molecule has 1 aliphatic rings. The molecule has 0 aliphatic heterocycles. The van der Waals surface area contributed by atoms with Gasteiger partial charge in [0.15, 0.2) is 6.29 Å². The molecule has 5 heteroatoms. The molecule has 0 N–H and O–H groups in total. The molecule has 0 spiro atoms. The number of rotatable bonds is 17. The normalized spacial score (nSPS) is 19.3. The van der Waals surface area contributed by atoms with E-state index in [-0.39, 0.29) is 5.92 Å². The number of carbonyl (C=O) groups excluding carboxylic acids is 1. The largest absolute Gasteiger partial charge is 0.372 e. The number of hydrogen-bond donors (Lipinski definition) is 0. The van der Waals surface area contributed by atoms with E-state index in [0.717, 1.165) is 58.5 Å². The molecule has 3 atom stereocenters. The Morgan fingerprint density at radius 3 is 1.35 bits per heavy atom. The van der Waals surface area contributed by atoms with Crippen LogP contribution in [0.25, 0.3) is 0 Å². The highest BCUT2D eigenvalue weighted by atomic mass is 16.5. The van der Waals surface area contributed by atoms with E-state index in [1.807, 2.05) is 0 Å². The molecule has 0 heterocycles. The Hall–Kier alpha value is -3.31. The van der Waals surface area contributed by atoms with E-state index in [2.05, 4.69) is 152 Å². The van der Waals surface area contributed by atoms with E-state index < -0.39 is 11.0 Å². The second kappa shape index (κ2) is 17.5. The SMILES string of the molecule is CCN(CC)c1ccc(C(COC2(C=O)CC(C)CCC2C(C)C)(c2ccc(N(CC)CC)cc2C)c2ccc(N(CC)CC)cc2C)c(C)c1. The lowest BCUT2D eigenvalue weighted by atomic mass is 9.65. The maximum atomic E-state index is 13.5. The lowest BCUT2D eigenvalue weighted by Gasteiger charge is -2.47. The van der Waals surface area contributed by atoms with E-state index in [1.54, 1.807) is 0 Å². The van der Waals surface area contributed by atoms with Gasteiger partial charge in [0, 0.05) is 56.3 Å². The van der Waals surface area contributed by atoms with Crippen molar-refractivity contribution in [3.63, 3.8) is 0 Å². The van der Waals surface area contributed by atoms with Crippen LogP contribution < -0.4 is 14.7 Å². The van der Waals surface area contributed by atoms with E-state index in [0.29, 0.717) is 18.4 Å². The fourth-order valence-corrected chi connectivity index (χ4v) is 9.39. The van der Waals surface area contributed by atoms with Crippen LogP contribution in [0.5, 0.6) is 0 Å². The number of ether oxygens (including phenoxy) is 1. The molecule has 0 amide bonds. The van der Waals surface area contributed by atoms with Crippen molar-refractivity contribution >= 4 is 23.3 Å². The molecular weight excluding hydrogens is 627 g/mol. The minimum Gasteiger partial charge on any atom is -0.372 e. The summed E-state index contributed by atoms with van der Waals surface area (Å²) in [5, 5.41) is 0. The Labute approximate surface area is 311 Å². The molecule has 0 aromatic heterocycles. The van der Waals surface area contributed by atoms with Gasteiger partial charge in [0.25, 0.3) is 0 Å². The molecule has 3 aromatic rings. The maximum absolute atomic E-state index is 13.5. The van der Waals surface area contributed by atoms with Gasteiger partial charge in [-0.2, -0.15) is 0 Å². The highest BCUT2D eigenvalue weighted by Crippen LogP contribution is 2.49. The Bertz CT molecular complexity index is 1440. The first kappa shape index (κ1) is 40.5. The van der Waals surface area contributed by atoms with Crippen LogP contribution in [-0.4, -0.2) is 57.8 Å². The molecule has 0 bridgehead atoms. The summed E-state index contributed by atoms with van der Waals surface area (Å²) in [5.74, 6) is 0.949. The van der Waals surface area contributed by atoms with Gasteiger partial charge in [0.1, 0.15) is 5.60 Å². The second-order valence-electron chi connectivity index (χ2n) is 15.5. The van der Waals surface area contributed by atoms with Gasteiger partial charge < -0.3 is 24.2 Å². The van der Waals surface area contributed by atoms with Crippen LogP contribution in [0.3, 0.4) is 0 Å². The highest BCUT2D eigenvalue weighted by molar-refractivity contribution is 5.66.